The molecule has 0 radical (unpaired) electrons. The third-order valence-electron chi connectivity index (χ3n) is 3.86. The van der Waals surface area contributed by atoms with Gasteiger partial charge in [-0.1, -0.05) is 39.6 Å². The molecule has 0 saturated heterocycles. The number of tetrazole rings is 1. The number of halogens is 2. The molecule has 2 heterocycles. The molecule has 2 N–H and O–H groups in total. The fourth-order valence-electron chi connectivity index (χ4n) is 2.50. The van der Waals surface area contributed by atoms with Crippen molar-refractivity contribution < 1.29 is 18.9 Å². The number of aromatic nitrogens is 6. The number of nitrogens with zero attached hydrogens (tertiary/aromatic N) is 7. The molecule has 0 amide bonds. The van der Waals surface area contributed by atoms with Crippen LogP contribution < -0.4 is 10.2 Å². The van der Waals surface area contributed by atoms with Gasteiger partial charge in [-0.15, -0.1) is 4.68 Å². The molecule has 0 aliphatic carbocycles. The van der Waals surface area contributed by atoms with Gasteiger partial charge in [-0.2, -0.15) is 0 Å². The van der Waals surface area contributed by atoms with E-state index in [0.29, 0.717) is 11.4 Å². The first kappa shape index (κ1) is 18.7. The van der Waals surface area contributed by atoms with Crippen LogP contribution in [0.5, 0.6) is 0 Å². The highest BCUT2D eigenvalue weighted by Gasteiger charge is 2.20. The first-order valence-electron chi connectivity index (χ1n) is 8.27. The van der Waals surface area contributed by atoms with E-state index >= 15 is 0 Å². The smallest absolute Gasteiger partial charge is 0.250 e. The maximum Gasteiger partial charge on any atom is 0.250 e. The highest BCUT2D eigenvalue weighted by molar-refractivity contribution is 6.31. The van der Waals surface area contributed by atoms with Gasteiger partial charge in [-0.25, -0.2) is 14.0 Å². The highest BCUT2D eigenvalue weighted by Crippen LogP contribution is 2.22. The molecule has 10 nitrogen and oxygen atoms in total. The van der Waals surface area contributed by atoms with Crippen molar-refractivity contribution in [3.63, 3.8) is 0 Å². The lowest BCUT2D eigenvalue weighted by Crippen LogP contribution is -2.37. The molecule has 0 unspecified atom stereocenters. The SMILES string of the molecule is ONC(=Nc1ccc(F)c(Cl)c1)c1nonc1C[n+]1cn(-c2ccccc2)nn1. The second-order valence-electron chi connectivity index (χ2n) is 5.80. The second-order valence-corrected chi connectivity index (χ2v) is 6.21. The third-order valence-corrected chi connectivity index (χ3v) is 4.15. The summed E-state index contributed by atoms with van der Waals surface area (Å²) in [7, 11) is 0. The Morgan fingerprint density at radius 2 is 2.07 bits per heavy atom. The second kappa shape index (κ2) is 8.12. The lowest BCUT2D eigenvalue weighted by Gasteiger charge is -2.03. The summed E-state index contributed by atoms with van der Waals surface area (Å²) < 4.78 is 21.2. The summed E-state index contributed by atoms with van der Waals surface area (Å²) in [6.07, 6.45) is 1.66. The van der Waals surface area contributed by atoms with Gasteiger partial charge in [-0.3, -0.25) is 10.7 Å². The van der Waals surface area contributed by atoms with Crippen LogP contribution >= 0.6 is 11.6 Å². The number of hydroxylamine groups is 1. The van der Waals surface area contributed by atoms with Crippen molar-refractivity contribution in [2.24, 2.45) is 4.99 Å². The van der Waals surface area contributed by atoms with E-state index in [4.69, 9.17) is 16.2 Å². The molecule has 4 aromatic rings. The number of aliphatic imine (C=N–C) groups is 1. The summed E-state index contributed by atoms with van der Waals surface area (Å²) in [4.78, 5) is 4.17. The van der Waals surface area contributed by atoms with Crippen LogP contribution in [0.25, 0.3) is 5.69 Å². The number of benzene rings is 2. The zero-order valence-electron chi connectivity index (χ0n) is 14.6. The topological polar surface area (TPSA) is 118 Å². The van der Waals surface area contributed by atoms with Crippen LogP contribution in [-0.4, -0.2) is 36.5 Å². The van der Waals surface area contributed by atoms with Gasteiger partial charge in [-0.05, 0) is 35.5 Å². The number of rotatable bonds is 5. The molecule has 0 saturated carbocycles. The van der Waals surface area contributed by atoms with Gasteiger partial charge in [0.2, 0.25) is 0 Å². The number of hydrogen-bond acceptors (Lipinski definition) is 7. The van der Waals surface area contributed by atoms with Crippen molar-refractivity contribution in [1.29, 1.82) is 0 Å². The highest BCUT2D eigenvalue weighted by atomic mass is 35.5. The van der Waals surface area contributed by atoms with Crippen LogP contribution in [0, 0.1) is 5.82 Å². The van der Waals surface area contributed by atoms with Gasteiger partial charge >= 0.3 is 0 Å². The summed E-state index contributed by atoms with van der Waals surface area (Å²) in [6.45, 7) is 0.149. The molecule has 0 aliphatic heterocycles. The standard InChI is InChI=1S/C17H13ClFN8O2/c18-13-8-11(6-7-14(13)19)20-17(21-28)16-15(22-29-23-16)9-26-10-27(25-24-26)12-4-2-1-3-5-12/h1-8,10,28H,9H2,(H,20,21)/q+1. The Morgan fingerprint density at radius 3 is 2.83 bits per heavy atom. The molecular weight excluding hydrogens is 403 g/mol. The molecule has 0 fully saturated rings. The predicted octanol–water partition coefficient (Wildman–Crippen LogP) is 1.84. The quantitative estimate of drug-likeness (QED) is 0.221. The van der Waals surface area contributed by atoms with Gasteiger partial charge in [0.25, 0.3) is 6.33 Å². The molecule has 2 aromatic heterocycles. The molecule has 0 aliphatic rings. The van der Waals surface area contributed by atoms with E-state index in [1.807, 2.05) is 35.8 Å². The van der Waals surface area contributed by atoms with Gasteiger partial charge in [0.1, 0.15) is 23.3 Å². The van der Waals surface area contributed by atoms with E-state index in [1.54, 1.807) is 11.0 Å². The monoisotopic (exact) mass is 415 g/mol. The molecule has 12 heteroatoms. The maximum atomic E-state index is 13.3. The van der Waals surface area contributed by atoms with Gasteiger partial charge in [0, 0.05) is 0 Å². The van der Waals surface area contributed by atoms with Crippen molar-refractivity contribution in [3.05, 3.63) is 77.1 Å². The van der Waals surface area contributed by atoms with Gasteiger partial charge < -0.3 is 0 Å². The summed E-state index contributed by atoms with van der Waals surface area (Å²) in [6, 6.07) is 13.3. The molecule has 146 valence electrons. The van der Waals surface area contributed by atoms with Crippen molar-refractivity contribution in [1.82, 2.24) is 30.9 Å². The number of amidine groups is 1. The number of nitrogens with one attached hydrogen (secondary N) is 1. The van der Waals surface area contributed by atoms with Crippen LogP contribution in [0.15, 0.2) is 64.5 Å². The van der Waals surface area contributed by atoms with E-state index in [2.05, 4.69) is 25.7 Å². The molecule has 0 atom stereocenters. The van der Waals surface area contributed by atoms with E-state index in [0.717, 1.165) is 11.8 Å². The van der Waals surface area contributed by atoms with Crippen molar-refractivity contribution in [2.45, 2.75) is 6.54 Å². The Hall–Kier alpha value is -3.70. The Labute approximate surface area is 167 Å². The van der Waals surface area contributed by atoms with Gasteiger partial charge in [0.15, 0.2) is 22.4 Å². The zero-order chi connectivity index (χ0) is 20.2. The largest absolute Gasteiger partial charge is 0.290 e. The average Bonchev–Trinajstić information content (AvgIpc) is 3.40. The van der Waals surface area contributed by atoms with E-state index in [9.17, 15) is 9.60 Å². The molecule has 2 aromatic carbocycles. The molecule has 29 heavy (non-hydrogen) atoms. The minimum atomic E-state index is -0.578. The number of hydrogen-bond donors (Lipinski definition) is 2. The van der Waals surface area contributed by atoms with E-state index < -0.39 is 5.82 Å². The number of para-hydroxylation sites is 1. The fourth-order valence-corrected chi connectivity index (χ4v) is 2.67. The molecular formula is C17H13ClFN8O2+. The maximum absolute atomic E-state index is 13.3. The first-order valence-corrected chi connectivity index (χ1v) is 8.65. The average molecular weight is 416 g/mol. The van der Waals surface area contributed by atoms with E-state index in [1.165, 1.54) is 16.8 Å². The normalized spacial score (nSPS) is 11.6. The summed E-state index contributed by atoms with van der Waals surface area (Å²) in [5.41, 5.74) is 3.56. The zero-order valence-corrected chi connectivity index (χ0v) is 15.4. The lowest BCUT2D eigenvalue weighted by atomic mass is 10.2. The summed E-state index contributed by atoms with van der Waals surface area (Å²) in [5, 5.41) is 25.1. The van der Waals surface area contributed by atoms with Crippen LogP contribution in [0.3, 0.4) is 0 Å². The van der Waals surface area contributed by atoms with Gasteiger partial charge in [0.05, 0.1) is 10.7 Å². The summed E-state index contributed by atoms with van der Waals surface area (Å²) in [5.74, 6) is -0.634. The van der Waals surface area contributed by atoms with Crippen LogP contribution in [0.4, 0.5) is 10.1 Å². The van der Waals surface area contributed by atoms with Crippen LogP contribution in [0.1, 0.15) is 11.4 Å². The first-order chi connectivity index (χ1) is 14.1. The van der Waals surface area contributed by atoms with Crippen molar-refractivity contribution in [3.8, 4) is 5.69 Å². The molecule has 0 bridgehead atoms. The van der Waals surface area contributed by atoms with E-state index in [-0.39, 0.29) is 23.1 Å². The Kier molecular flexibility index (Phi) is 5.22. The lowest BCUT2D eigenvalue weighted by molar-refractivity contribution is -0.747. The minimum absolute atomic E-state index is 0.0556. The Bertz CT molecular complexity index is 1160. The fraction of sp³-hybridized carbons (Fsp3) is 0.0588. The predicted molar refractivity (Wildman–Crippen MR) is 97.5 cm³/mol. The molecule has 4 rings (SSSR count). The van der Waals surface area contributed by atoms with Crippen LogP contribution in [0.2, 0.25) is 5.02 Å². The Balaban J connectivity index is 1.60. The Morgan fingerprint density at radius 1 is 1.24 bits per heavy atom. The van der Waals surface area contributed by atoms with Crippen molar-refractivity contribution >= 4 is 23.1 Å². The minimum Gasteiger partial charge on any atom is -0.290 e. The summed E-state index contributed by atoms with van der Waals surface area (Å²) >= 11 is 5.76. The van der Waals surface area contributed by atoms with Crippen LogP contribution in [-0.2, 0) is 6.54 Å². The van der Waals surface area contributed by atoms with Crippen molar-refractivity contribution in [2.75, 3.05) is 0 Å². The third kappa shape index (κ3) is 4.10. The molecule has 0 spiro atoms.